The maximum atomic E-state index is 12.7. The van der Waals surface area contributed by atoms with Crippen LogP contribution in [0.3, 0.4) is 0 Å². The summed E-state index contributed by atoms with van der Waals surface area (Å²) in [6.45, 7) is 3.79. The quantitative estimate of drug-likeness (QED) is 0.935. The number of piperidine rings is 1. The number of aromatic amines is 1. The number of nitrogens with one attached hydrogen (secondary N) is 1. The number of rotatable bonds is 3. The van der Waals surface area contributed by atoms with Gasteiger partial charge in [0, 0.05) is 36.6 Å². The number of H-pyrrole nitrogens is 1. The van der Waals surface area contributed by atoms with E-state index in [1.165, 1.54) is 5.56 Å². The van der Waals surface area contributed by atoms with Crippen molar-refractivity contribution in [2.45, 2.75) is 37.9 Å². The van der Waals surface area contributed by atoms with Crippen LogP contribution in [0.25, 0.3) is 0 Å². The summed E-state index contributed by atoms with van der Waals surface area (Å²) in [4.78, 5) is 6.33. The van der Waals surface area contributed by atoms with Crippen molar-refractivity contribution in [1.82, 2.24) is 20.1 Å². The first kappa shape index (κ1) is 16.0. The van der Waals surface area contributed by atoms with Crippen molar-refractivity contribution in [1.29, 1.82) is 0 Å². The first-order valence-electron chi connectivity index (χ1n) is 7.71. The van der Waals surface area contributed by atoms with Crippen LogP contribution in [0.15, 0.2) is 30.6 Å². The smallest absolute Gasteiger partial charge is 0.296 e. The van der Waals surface area contributed by atoms with Crippen LogP contribution in [-0.4, -0.2) is 33.2 Å². The topological polar surface area (TPSA) is 44.8 Å². The van der Waals surface area contributed by atoms with E-state index < -0.39 is 11.9 Å². The van der Waals surface area contributed by atoms with Gasteiger partial charge in [-0.3, -0.25) is 15.0 Å². The molecule has 0 bridgehead atoms. The third-order valence-electron chi connectivity index (χ3n) is 4.52. The molecule has 2 atom stereocenters. The Bertz CT molecular complexity index is 638. The van der Waals surface area contributed by atoms with Crippen molar-refractivity contribution in [3.8, 4) is 0 Å². The predicted octanol–water partition coefficient (Wildman–Crippen LogP) is 3.76. The number of hydrogen-bond acceptors (Lipinski definition) is 3. The molecule has 1 saturated heterocycles. The van der Waals surface area contributed by atoms with Gasteiger partial charge in [-0.05, 0) is 50.1 Å². The molecule has 1 N–H and O–H groups in total. The Labute approximate surface area is 132 Å². The monoisotopic (exact) mass is 324 g/mol. The van der Waals surface area contributed by atoms with Crippen molar-refractivity contribution >= 4 is 0 Å². The minimum atomic E-state index is -4.40. The highest BCUT2D eigenvalue weighted by molar-refractivity contribution is 5.18. The fourth-order valence-electron chi connectivity index (χ4n) is 3.16. The molecule has 3 rings (SSSR count). The Hall–Kier alpha value is -1.89. The number of aromatic nitrogens is 3. The van der Waals surface area contributed by atoms with Gasteiger partial charge in [0.25, 0.3) is 0 Å². The van der Waals surface area contributed by atoms with Gasteiger partial charge < -0.3 is 0 Å². The average molecular weight is 324 g/mol. The first-order valence-corrected chi connectivity index (χ1v) is 7.71. The molecule has 1 aliphatic heterocycles. The van der Waals surface area contributed by atoms with Crippen LogP contribution in [0.4, 0.5) is 13.2 Å². The average Bonchev–Trinajstić information content (AvgIpc) is 3.05. The maximum absolute atomic E-state index is 12.7. The van der Waals surface area contributed by atoms with Crippen LogP contribution < -0.4 is 0 Å². The van der Waals surface area contributed by atoms with Crippen LogP contribution in [0, 0.1) is 0 Å². The summed E-state index contributed by atoms with van der Waals surface area (Å²) in [6, 6.07) is 5.31. The van der Waals surface area contributed by atoms with Gasteiger partial charge in [0.05, 0.1) is 0 Å². The van der Waals surface area contributed by atoms with Gasteiger partial charge in [-0.25, -0.2) is 0 Å². The molecule has 1 aliphatic rings. The molecule has 0 radical (unpaired) electrons. The molecule has 0 spiro atoms. The zero-order valence-corrected chi connectivity index (χ0v) is 12.8. The van der Waals surface area contributed by atoms with E-state index in [0.717, 1.165) is 32.0 Å². The molecule has 2 aromatic rings. The van der Waals surface area contributed by atoms with Crippen LogP contribution in [0.1, 0.15) is 48.7 Å². The summed E-state index contributed by atoms with van der Waals surface area (Å²) >= 11 is 0. The second kappa shape index (κ2) is 6.31. The normalized spacial score (nSPS) is 21.3. The molecule has 2 unspecified atom stereocenters. The lowest BCUT2D eigenvalue weighted by molar-refractivity contribution is -0.141. The van der Waals surface area contributed by atoms with E-state index >= 15 is 0 Å². The molecule has 7 heteroatoms. The summed E-state index contributed by atoms with van der Waals surface area (Å²) in [5, 5.41) is 5.99. The van der Waals surface area contributed by atoms with Gasteiger partial charge in [-0.15, -0.1) is 0 Å². The van der Waals surface area contributed by atoms with E-state index in [9.17, 15) is 13.2 Å². The van der Waals surface area contributed by atoms with E-state index in [-0.39, 0.29) is 12.0 Å². The summed E-state index contributed by atoms with van der Waals surface area (Å²) in [5.41, 5.74) is 0.900. The van der Waals surface area contributed by atoms with Gasteiger partial charge in [-0.1, -0.05) is 0 Å². The van der Waals surface area contributed by atoms with Crippen LogP contribution in [0.2, 0.25) is 0 Å². The second-order valence-corrected chi connectivity index (χ2v) is 6.00. The molecule has 2 aromatic heterocycles. The SMILES string of the molecule is CC(c1ccncc1)N1CCCC(c2cc(C(F)(F)F)n[nH]2)C1. The van der Waals surface area contributed by atoms with E-state index in [4.69, 9.17) is 0 Å². The Morgan fingerprint density at radius 2 is 2.04 bits per heavy atom. The summed E-state index contributed by atoms with van der Waals surface area (Å²) in [6.07, 6.45) is 0.961. The van der Waals surface area contributed by atoms with Crippen molar-refractivity contribution in [2.75, 3.05) is 13.1 Å². The maximum Gasteiger partial charge on any atom is 0.435 e. The zero-order valence-electron chi connectivity index (χ0n) is 12.8. The number of hydrogen-bond donors (Lipinski definition) is 1. The molecule has 124 valence electrons. The number of nitrogens with zero attached hydrogens (tertiary/aromatic N) is 3. The van der Waals surface area contributed by atoms with Crippen molar-refractivity contribution in [3.63, 3.8) is 0 Å². The number of halogens is 3. The van der Waals surface area contributed by atoms with E-state index in [0.29, 0.717) is 5.69 Å². The van der Waals surface area contributed by atoms with Crippen molar-refractivity contribution in [2.24, 2.45) is 0 Å². The van der Waals surface area contributed by atoms with E-state index in [1.54, 1.807) is 12.4 Å². The highest BCUT2D eigenvalue weighted by atomic mass is 19.4. The Balaban J connectivity index is 1.72. The highest BCUT2D eigenvalue weighted by Gasteiger charge is 2.35. The molecule has 0 aromatic carbocycles. The van der Waals surface area contributed by atoms with Gasteiger partial charge in [0.1, 0.15) is 0 Å². The minimum absolute atomic E-state index is 0.0524. The number of alkyl halides is 3. The summed E-state index contributed by atoms with van der Waals surface area (Å²) in [5.74, 6) is 0.0524. The van der Waals surface area contributed by atoms with Gasteiger partial charge >= 0.3 is 6.18 Å². The molecular weight excluding hydrogens is 305 g/mol. The van der Waals surface area contributed by atoms with Gasteiger partial charge in [0.15, 0.2) is 5.69 Å². The Morgan fingerprint density at radius 1 is 1.30 bits per heavy atom. The molecule has 0 amide bonds. The fourth-order valence-corrected chi connectivity index (χ4v) is 3.16. The first-order chi connectivity index (χ1) is 10.9. The van der Waals surface area contributed by atoms with Crippen LogP contribution >= 0.6 is 0 Å². The summed E-state index contributed by atoms with van der Waals surface area (Å²) < 4.78 is 38.1. The second-order valence-electron chi connectivity index (χ2n) is 6.00. The van der Waals surface area contributed by atoms with Gasteiger partial charge in [-0.2, -0.15) is 18.3 Å². The van der Waals surface area contributed by atoms with Crippen molar-refractivity contribution < 1.29 is 13.2 Å². The molecular formula is C16H19F3N4. The van der Waals surface area contributed by atoms with Crippen LogP contribution in [-0.2, 0) is 6.18 Å². The number of pyridine rings is 1. The lowest BCUT2D eigenvalue weighted by Gasteiger charge is -2.36. The van der Waals surface area contributed by atoms with E-state index in [1.807, 2.05) is 12.1 Å². The van der Waals surface area contributed by atoms with Gasteiger partial charge in [0.2, 0.25) is 0 Å². The third-order valence-corrected chi connectivity index (χ3v) is 4.52. The fraction of sp³-hybridized carbons (Fsp3) is 0.500. The molecule has 4 nitrogen and oxygen atoms in total. The Morgan fingerprint density at radius 3 is 2.70 bits per heavy atom. The molecule has 1 fully saturated rings. The molecule has 0 aliphatic carbocycles. The minimum Gasteiger partial charge on any atom is -0.296 e. The lowest BCUT2D eigenvalue weighted by Crippen LogP contribution is -2.36. The van der Waals surface area contributed by atoms with Crippen molar-refractivity contribution in [3.05, 3.63) is 47.5 Å². The Kier molecular flexibility index (Phi) is 4.39. The standard InChI is InChI=1S/C16H19F3N4/c1-11(12-4-6-20-7-5-12)23-8-2-3-13(10-23)14-9-15(22-21-14)16(17,18)19/h4-7,9,11,13H,2-3,8,10H2,1H3,(H,21,22). The number of likely N-dealkylation sites (tertiary alicyclic amines) is 1. The molecule has 23 heavy (non-hydrogen) atoms. The molecule has 3 heterocycles. The van der Waals surface area contributed by atoms with E-state index in [2.05, 4.69) is 27.0 Å². The zero-order chi connectivity index (χ0) is 16.4. The molecule has 0 saturated carbocycles. The predicted molar refractivity (Wildman–Crippen MR) is 79.8 cm³/mol. The van der Waals surface area contributed by atoms with Crippen LogP contribution in [0.5, 0.6) is 0 Å². The summed E-state index contributed by atoms with van der Waals surface area (Å²) in [7, 11) is 0. The third kappa shape index (κ3) is 3.55. The lowest BCUT2D eigenvalue weighted by atomic mass is 9.92. The highest BCUT2D eigenvalue weighted by Crippen LogP contribution is 2.34. The largest absolute Gasteiger partial charge is 0.435 e.